The van der Waals surface area contributed by atoms with Crippen molar-refractivity contribution in [3.63, 3.8) is 0 Å². The van der Waals surface area contributed by atoms with Crippen molar-refractivity contribution in [2.24, 2.45) is 0 Å². The maximum Gasteiger partial charge on any atom is 0.224 e. The highest BCUT2D eigenvalue weighted by Crippen LogP contribution is 2.37. The first kappa shape index (κ1) is 17.6. The number of amides is 1. The summed E-state index contributed by atoms with van der Waals surface area (Å²) in [6.07, 6.45) is 0.723. The average Bonchev–Trinajstić information content (AvgIpc) is 2.56. The van der Waals surface area contributed by atoms with Gasteiger partial charge in [-0.15, -0.1) is 0 Å². The Morgan fingerprint density at radius 2 is 1.83 bits per heavy atom. The van der Waals surface area contributed by atoms with E-state index >= 15 is 0 Å². The molecule has 0 aliphatic rings. The molecule has 0 heterocycles. The number of hydrogen-bond donors (Lipinski definition) is 2. The fraction of sp³-hybridized carbons (Fsp3) is 0.278. The molecule has 0 saturated heterocycles. The minimum atomic E-state index is -0.326. The van der Waals surface area contributed by atoms with Crippen LogP contribution in [0.3, 0.4) is 0 Å². The predicted molar refractivity (Wildman–Crippen MR) is 88.0 cm³/mol. The standard InChI is InChI=1S/C18H20FNO4/c1-23-16-10-13(9-15(21)18(16)24-2)7-8-20-17(22)11-12-3-5-14(19)6-4-12/h3-6,9-10,21H,7-8,11H2,1-2H3,(H,20,22). The topological polar surface area (TPSA) is 67.8 Å². The largest absolute Gasteiger partial charge is 0.504 e. The molecular weight excluding hydrogens is 313 g/mol. The highest BCUT2D eigenvalue weighted by molar-refractivity contribution is 5.78. The summed E-state index contributed by atoms with van der Waals surface area (Å²) in [7, 11) is 2.94. The number of methoxy groups -OCH3 is 2. The monoisotopic (exact) mass is 333 g/mol. The number of phenols is 1. The van der Waals surface area contributed by atoms with E-state index in [4.69, 9.17) is 9.47 Å². The van der Waals surface area contributed by atoms with E-state index in [-0.39, 0.29) is 29.6 Å². The third kappa shape index (κ3) is 4.62. The SMILES string of the molecule is COc1cc(CCNC(=O)Cc2ccc(F)cc2)cc(O)c1OC. The van der Waals surface area contributed by atoms with Gasteiger partial charge in [0.05, 0.1) is 20.6 Å². The van der Waals surface area contributed by atoms with Crippen molar-refractivity contribution in [1.82, 2.24) is 5.32 Å². The quantitative estimate of drug-likeness (QED) is 0.817. The number of halogens is 1. The van der Waals surface area contributed by atoms with E-state index in [9.17, 15) is 14.3 Å². The van der Waals surface area contributed by atoms with Crippen molar-refractivity contribution in [1.29, 1.82) is 0 Å². The molecule has 0 aliphatic heterocycles. The first-order valence-corrected chi connectivity index (χ1v) is 7.48. The molecule has 128 valence electrons. The first-order valence-electron chi connectivity index (χ1n) is 7.48. The van der Waals surface area contributed by atoms with Crippen LogP contribution in [-0.4, -0.2) is 31.8 Å². The molecule has 2 aromatic rings. The van der Waals surface area contributed by atoms with Crippen molar-refractivity contribution in [2.75, 3.05) is 20.8 Å². The molecule has 6 heteroatoms. The number of carbonyl (C=O) groups is 1. The molecule has 0 saturated carbocycles. The zero-order chi connectivity index (χ0) is 17.5. The second kappa shape index (κ2) is 8.19. The summed E-state index contributed by atoms with van der Waals surface area (Å²) in [6, 6.07) is 9.16. The average molecular weight is 333 g/mol. The van der Waals surface area contributed by atoms with E-state index in [2.05, 4.69) is 5.32 Å². The molecule has 0 unspecified atom stereocenters. The molecule has 2 aromatic carbocycles. The van der Waals surface area contributed by atoms with Gasteiger partial charge in [-0.05, 0) is 41.8 Å². The van der Waals surface area contributed by atoms with E-state index in [1.807, 2.05) is 0 Å². The highest BCUT2D eigenvalue weighted by atomic mass is 19.1. The molecule has 24 heavy (non-hydrogen) atoms. The van der Waals surface area contributed by atoms with E-state index in [0.717, 1.165) is 11.1 Å². The highest BCUT2D eigenvalue weighted by Gasteiger charge is 2.11. The number of hydrogen-bond acceptors (Lipinski definition) is 4. The Labute approximate surface area is 140 Å². The Kier molecular flexibility index (Phi) is 6.01. The summed E-state index contributed by atoms with van der Waals surface area (Å²) < 4.78 is 23.1. The van der Waals surface area contributed by atoms with Gasteiger partial charge < -0.3 is 19.9 Å². The molecule has 0 atom stereocenters. The zero-order valence-corrected chi connectivity index (χ0v) is 13.6. The van der Waals surface area contributed by atoms with Gasteiger partial charge in [-0.25, -0.2) is 4.39 Å². The zero-order valence-electron chi connectivity index (χ0n) is 13.6. The Morgan fingerprint density at radius 3 is 2.46 bits per heavy atom. The number of phenolic OH excluding ortho intramolecular Hbond substituents is 1. The summed E-state index contributed by atoms with van der Waals surface area (Å²) in [4.78, 5) is 11.9. The third-order valence-corrected chi connectivity index (χ3v) is 3.53. The van der Waals surface area contributed by atoms with Gasteiger partial charge in [0.2, 0.25) is 11.7 Å². The van der Waals surface area contributed by atoms with Crippen LogP contribution in [0.15, 0.2) is 36.4 Å². The molecule has 0 bridgehead atoms. The maximum atomic E-state index is 12.8. The number of carbonyl (C=O) groups excluding carboxylic acids is 1. The summed E-state index contributed by atoms with van der Waals surface area (Å²) in [6.45, 7) is 0.412. The van der Waals surface area contributed by atoms with E-state index in [1.165, 1.54) is 26.4 Å². The maximum absolute atomic E-state index is 12.8. The minimum absolute atomic E-state index is 0.00973. The smallest absolute Gasteiger partial charge is 0.224 e. The first-order chi connectivity index (χ1) is 11.5. The van der Waals surface area contributed by atoms with Crippen LogP contribution < -0.4 is 14.8 Å². The van der Waals surface area contributed by atoms with Crippen molar-refractivity contribution in [2.45, 2.75) is 12.8 Å². The molecule has 2 N–H and O–H groups in total. The second-order valence-corrected chi connectivity index (χ2v) is 5.25. The fourth-order valence-corrected chi connectivity index (χ4v) is 2.34. The Morgan fingerprint density at radius 1 is 1.12 bits per heavy atom. The van der Waals surface area contributed by atoms with Gasteiger partial charge in [0.15, 0.2) is 11.5 Å². The van der Waals surface area contributed by atoms with Crippen molar-refractivity contribution in [3.8, 4) is 17.2 Å². The van der Waals surface area contributed by atoms with Crippen LogP contribution in [0, 0.1) is 5.82 Å². The van der Waals surface area contributed by atoms with Crippen LogP contribution in [0.2, 0.25) is 0 Å². The molecular formula is C18H20FNO4. The fourth-order valence-electron chi connectivity index (χ4n) is 2.34. The Bertz CT molecular complexity index is 701. The van der Waals surface area contributed by atoms with Crippen molar-refractivity contribution >= 4 is 5.91 Å². The molecule has 0 spiro atoms. The van der Waals surface area contributed by atoms with Crippen LogP contribution in [0.5, 0.6) is 17.2 Å². The van der Waals surface area contributed by atoms with Crippen molar-refractivity contribution < 1.29 is 23.8 Å². The minimum Gasteiger partial charge on any atom is -0.504 e. The van der Waals surface area contributed by atoms with Crippen molar-refractivity contribution in [3.05, 3.63) is 53.3 Å². The lowest BCUT2D eigenvalue weighted by molar-refractivity contribution is -0.120. The molecule has 0 radical (unpaired) electrons. The number of aromatic hydroxyl groups is 1. The lowest BCUT2D eigenvalue weighted by Crippen LogP contribution is -2.27. The lowest BCUT2D eigenvalue weighted by atomic mass is 10.1. The summed E-state index contributed by atoms with van der Waals surface area (Å²) >= 11 is 0. The third-order valence-electron chi connectivity index (χ3n) is 3.53. The van der Waals surface area contributed by atoms with Gasteiger partial charge in [-0.3, -0.25) is 4.79 Å². The van der Waals surface area contributed by atoms with E-state index in [0.29, 0.717) is 18.7 Å². The summed E-state index contributed by atoms with van der Waals surface area (Å²) in [5, 5.41) is 12.7. The normalized spacial score (nSPS) is 10.3. The number of benzene rings is 2. The molecule has 2 rings (SSSR count). The van der Waals surface area contributed by atoms with Gasteiger partial charge in [-0.2, -0.15) is 0 Å². The van der Waals surface area contributed by atoms with Gasteiger partial charge in [0.1, 0.15) is 5.82 Å². The number of nitrogens with one attached hydrogen (secondary N) is 1. The van der Waals surface area contributed by atoms with Crippen LogP contribution in [-0.2, 0) is 17.6 Å². The van der Waals surface area contributed by atoms with Crippen LogP contribution in [0.4, 0.5) is 4.39 Å². The van der Waals surface area contributed by atoms with Crippen LogP contribution in [0.1, 0.15) is 11.1 Å². The summed E-state index contributed by atoms with van der Waals surface area (Å²) in [5.74, 6) is 0.231. The molecule has 0 aliphatic carbocycles. The Balaban J connectivity index is 1.88. The second-order valence-electron chi connectivity index (χ2n) is 5.25. The van der Waals surface area contributed by atoms with Gasteiger partial charge in [0, 0.05) is 6.54 Å². The molecule has 5 nitrogen and oxygen atoms in total. The molecule has 0 aromatic heterocycles. The van der Waals surface area contributed by atoms with Crippen LogP contribution in [0.25, 0.3) is 0 Å². The molecule has 1 amide bonds. The van der Waals surface area contributed by atoms with Gasteiger partial charge in [0.25, 0.3) is 0 Å². The van der Waals surface area contributed by atoms with Crippen LogP contribution >= 0.6 is 0 Å². The van der Waals surface area contributed by atoms with E-state index in [1.54, 1.807) is 24.3 Å². The van der Waals surface area contributed by atoms with Gasteiger partial charge in [-0.1, -0.05) is 12.1 Å². The van der Waals surface area contributed by atoms with Gasteiger partial charge >= 0.3 is 0 Å². The number of ether oxygens (including phenoxy) is 2. The van der Waals surface area contributed by atoms with E-state index < -0.39 is 0 Å². The molecule has 0 fully saturated rings. The lowest BCUT2D eigenvalue weighted by Gasteiger charge is -2.12. The Hall–Kier alpha value is -2.76. The number of rotatable bonds is 7. The predicted octanol–water partition coefficient (Wildman–Crippen LogP) is 2.45. The summed E-state index contributed by atoms with van der Waals surface area (Å²) in [5.41, 5.74) is 1.56.